The zero-order chi connectivity index (χ0) is 14.6. The van der Waals surface area contributed by atoms with E-state index in [0.29, 0.717) is 32.5 Å². The normalized spacial score (nSPS) is 11.1. The van der Waals surface area contributed by atoms with Gasteiger partial charge in [0.05, 0.1) is 18.8 Å². The molecule has 0 saturated carbocycles. The number of hydrogen-bond acceptors (Lipinski definition) is 5. The van der Waals surface area contributed by atoms with Crippen molar-refractivity contribution < 1.29 is 29.7 Å². The summed E-state index contributed by atoms with van der Waals surface area (Å²) < 4.78 is 8.70. The molecule has 0 fully saturated rings. The minimum Gasteiger partial charge on any atom is -0.395 e. The summed E-state index contributed by atoms with van der Waals surface area (Å²) in [5, 5.41) is 27.6. The van der Waals surface area contributed by atoms with Crippen LogP contribution in [0.15, 0.2) is 0 Å². The predicted octanol–water partition coefficient (Wildman–Crippen LogP) is -0.547. The van der Waals surface area contributed by atoms with Gasteiger partial charge in [-0.05, 0) is 12.8 Å². The van der Waals surface area contributed by atoms with Gasteiger partial charge in [0.1, 0.15) is 0 Å². The fourth-order valence-corrected chi connectivity index (χ4v) is 1.44. The third-order valence-electron chi connectivity index (χ3n) is 2.67. The lowest BCUT2D eigenvalue weighted by Crippen LogP contribution is -2.44. The SMILES string of the molecule is CCC(O)(CC)CN(CCO)CCO.O=[P+](O)O. The number of nitrogens with zero attached hydrogens (tertiary/aromatic N) is 1. The van der Waals surface area contributed by atoms with Gasteiger partial charge in [0, 0.05) is 24.2 Å². The maximum absolute atomic E-state index is 10.0. The Balaban J connectivity index is 0. The molecule has 18 heavy (non-hydrogen) atoms. The molecule has 7 nitrogen and oxygen atoms in total. The molecule has 0 aromatic carbocycles. The third-order valence-corrected chi connectivity index (χ3v) is 2.67. The highest BCUT2D eigenvalue weighted by Crippen LogP contribution is 2.15. The first-order valence-electron chi connectivity index (χ1n) is 5.86. The largest absolute Gasteiger partial charge is 0.692 e. The Bertz CT molecular complexity index is 203. The molecule has 0 amide bonds. The van der Waals surface area contributed by atoms with Crippen LogP contribution in [0, 0.1) is 0 Å². The quantitative estimate of drug-likeness (QED) is 0.380. The van der Waals surface area contributed by atoms with Crippen LogP contribution in [0.1, 0.15) is 26.7 Å². The summed E-state index contributed by atoms with van der Waals surface area (Å²) in [4.78, 5) is 16.1. The molecule has 0 bridgehead atoms. The van der Waals surface area contributed by atoms with Crippen molar-refractivity contribution in [1.29, 1.82) is 0 Å². The van der Waals surface area contributed by atoms with E-state index in [4.69, 9.17) is 24.6 Å². The van der Waals surface area contributed by atoms with Crippen LogP contribution in [0.3, 0.4) is 0 Å². The van der Waals surface area contributed by atoms with Crippen LogP contribution in [-0.2, 0) is 4.57 Å². The number of aliphatic hydroxyl groups excluding tert-OH is 2. The first-order valence-corrected chi connectivity index (χ1v) is 7.03. The summed E-state index contributed by atoms with van der Waals surface area (Å²) in [5.74, 6) is 0. The minimum absolute atomic E-state index is 0.0590. The highest BCUT2D eigenvalue weighted by Gasteiger charge is 2.24. The Morgan fingerprint density at radius 1 is 1.06 bits per heavy atom. The molecular weight excluding hydrogens is 261 g/mol. The van der Waals surface area contributed by atoms with Gasteiger partial charge in [-0.25, -0.2) is 0 Å². The molecule has 8 heteroatoms. The topological polar surface area (TPSA) is 121 Å². The van der Waals surface area contributed by atoms with Crippen LogP contribution < -0.4 is 0 Å². The lowest BCUT2D eigenvalue weighted by Gasteiger charge is -2.32. The minimum atomic E-state index is -2.87. The summed E-state index contributed by atoms with van der Waals surface area (Å²) in [6.07, 6.45) is 1.38. The molecule has 0 unspecified atom stereocenters. The monoisotopic (exact) mass is 286 g/mol. The molecule has 0 saturated heterocycles. The average Bonchev–Trinajstić information content (AvgIpc) is 2.29. The van der Waals surface area contributed by atoms with Gasteiger partial charge in [0.2, 0.25) is 0 Å². The molecular formula is C10H25NO6P+. The van der Waals surface area contributed by atoms with E-state index in [2.05, 4.69) is 0 Å². The molecule has 0 radical (unpaired) electrons. The predicted molar refractivity (Wildman–Crippen MR) is 68.2 cm³/mol. The molecule has 0 aliphatic carbocycles. The Morgan fingerprint density at radius 2 is 1.39 bits per heavy atom. The second kappa shape index (κ2) is 11.9. The van der Waals surface area contributed by atoms with Gasteiger partial charge in [-0.2, -0.15) is 0 Å². The van der Waals surface area contributed by atoms with E-state index in [1.165, 1.54) is 0 Å². The molecule has 0 rings (SSSR count). The molecule has 0 aromatic rings. The zero-order valence-electron chi connectivity index (χ0n) is 11.0. The second-order valence-electron chi connectivity index (χ2n) is 3.91. The van der Waals surface area contributed by atoms with Crippen LogP contribution in [0.5, 0.6) is 0 Å². The maximum atomic E-state index is 10.0. The van der Waals surface area contributed by atoms with Crippen molar-refractivity contribution in [2.45, 2.75) is 32.3 Å². The Labute approximate surface area is 109 Å². The third kappa shape index (κ3) is 12.3. The van der Waals surface area contributed by atoms with Gasteiger partial charge in [-0.3, -0.25) is 4.90 Å². The van der Waals surface area contributed by atoms with E-state index in [1.807, 2.05) is 18.7 Å². The van der Waals surface area contributed by atoms with Crippen molar-refractivity contribution in [3.8, 4) is 0 Å². The zero-order valence-corrected chi connectivity index (χ0v) is 11.9. The molecule has 0 heterocycles. The summed E-state index contributed by atoms with van der Waals surface area (Å²) in [6, 6.07) is 0. The van der Waals surface area contributed by atoms with Crippen molar-refractivity contribution >= 4 is 8.25 Å². The van der Waals surface area contributed by atoms with E-state index >= 15 is 0 Å². The first-order chi connectivity index (χ1) is 8.35. The molecule has 0 aliphatic heterocycles. The summed E-state index contributed by atoms with van der Waals surface area (Å²) in [5.41, 5.74) is -0.690. The summed E-state index contributed by atoms with van der Waals surface area (Å²) >= 11 is 0. The number of hydrogen-bond donors (Lipinski definition) is 5. The Kier molecular flexibility index (Phi) is 13.4. The van der Waals surface area contributed by atoms with E-state index in [0.717, 1.165) is 0 Å². The summed E-state index contributed by atoms with van der Waals surface area (Å²) in [6.45, 7) is 5.53. The van der Waals surface area contributed by atoms with Crippen LogP contribution in [0.4, 0.5) is 0 Å². The van der Waals surface area contributed by atoms with Crippen LogP contribution in [-0.4, -0.2) is 68.5 Å². The lowest BCUT2D eigenvalue weighted by atomic mass is 9.97. The van der Waals surface area contributed by atoms with Crippen LogP contribution >= 0.6 is 8.25 Å². The maximum Gasteiger partial charge on any atom is 0.692 e. The molecule has 0 aromatic heterocycles. The van der Waals surface area contributed by atoms with Gasteiger partial charge in [0.25, 0.3) is 0 Å². The average molecular weight is 286 g/mol. The molecule has 0 aliphatic rings. The second-order valence-corrected chi connectivity index (χ2v) is 4.41. The van der Waals surface area contributed by atoms with Crippen molar-refractivity contribution in [3.63, 3.8) is 0 Å². The standard InChI is InChI=1S/C10H23NO3.HO3P/c1-3-10(14,4-2)9-11(5-7-12)6-8-13;1-4(2)3/h12-14H,3-9H2,1-2H3;(H-,1,2,3)/p+1. The molecule has 110 valence electrons. The first kappa shape index (κ1) is 20.2. The molecule has 0 atom stereocenters. The fraction of sp³-hybridized carbons (Fsp3) is 1.00. The highest BCUT2D eigenvalue weighted by atomic mass is 31.1. The van der Waals surface area contributed by atoms with Crippen LogP contribution in [0.2, 0.25) is 0 Å². The Morgan fingerprint density at radius 3 is 1.61 bits per heavy atom. The summed E-state index contributed by atoms with van der Waals surface area (Å²) in [7, 11) is -2.87. The van der Waals surface area contributed by atoms with Gasteiger partial charge < -0.3 is 15.3 Å². The van der Waals surface area contributed by atoms with E-state index in [-0.39, 0.29) is 13.2 Å². The fourth-order valence-electron chi connectivity index (χ4n) is 1.44. The van der Waals surface area contributed by atoms with Crippen molar-refractivity contribution in [2.75, 3.05) is 32.8 Å². The van der Waals surface area contributed by atoms with E-state index in [9.17, 15) is 5.11 Å². The highest BCUT2D eigenvalue weighted by molar-refractivity contribution is 7.30. The molecule has 0 spiro atoms. The van der Waals surface area contributed by atoms with Crippen LogP contribution in [0.25, 0.3) is 0 Å². The van der Waals surface area contributed by atoms with Crippen molar-refractivity contribution in [3.05, 3.63) is 0 Å². The van der Waals surface area contributed by atoms with E-state index in [1.54, 1.807) is 0 Å². The smallest absolute Gasteiger partial charge is 0.395 e. The van der Waals surface area contributed by atoms with E-state index < -0.39 is 13.9 Å². The molecule has 5 N–H and O–H groups in total. The van der Waals surface area contributed by atoms with Gasteiger partial charge in [-0.15, -0.1) is 9.79 Å². The van der Waals surface area contributed by atoms with Gasteiger partial charge in [-0.1, -0.05) is 13.8 Å². The van der Waals surface area contributed by atoms with Gasteiger partial charge in [0.15, 0.2) is 0 Å². The lowest BCUT2D eigenvalue weighted by molar-refractivity contribution is -0.0101. The van der Waals surface area contributed by atoms with Crippen molar-refractivity contribution in [2.24, 2.45) is 0 Å². The number of rotatable bonds is 8. The van der Waals surface area contributed by atoms with Gasteiger partial charge >= 0.3 is 8.25 Å². The number of aliphatic hydroxyl groups is 3. The Hall–Kier alpha value is -0.140. The van der Waals surface area contributed by atoms with Crippen molar-refractivity contribution in [1.82, 2.24) is 4.90 Å².